The number of aromatic nitrogens is 1. The van der Waals surface area contributed by atoms with Crippen LogP contribution >= 0.6 is 0 Å². The molecular weight excluding hydrogens is 250 g/mol. The fourth-order valence-corrected chi connectivity index (χ4v) is 1.81. The van der Waals surface area contributed by atoms with Crippen LogP contribution in [0.2, 0.25) is 0 Å². The third-order valence-electron chi connectivity index (χ3n) is 3.22. The summed E-state index contributed by atoms with van der Waals surface area (Å²) in [6.07, 6.45) is 1.72. The summed E-state index contributed by atoms with van der Waals surface area (Å²) < 4.78 is 5.80. The number of benzene rings is 1. The van der Waals surface area contributed by atoms with E-state index in [0.29, 0.717) is 17.2 Å². The Labute approximate surface area is 119 Å². The molecule has 0 amide bonds. The molecule has 0 aliphatic heterocycles. The number of nitrogens with one attached hydrogen (secondary N) is 1. The molecular formula is C16H17N3O. The minimum absolute atomic E-state index is 0.229. The van der Waals surface area contributed by atoms with Gasteiger partial charge in [-0.15, -0.1) is 0 Å². The summed E-state index contributed by atoms with van der Waals surface area (Å²) in [5.74, 6) is 1.19. The van der Waals surface area contributed by atoms with Crippen LogP contribution in [0.3, 0.4) is 0 Å². The molecule has 0 saturated carbocycles. The monoisotopic (exact) mass is 267 g/mol. The van der Waals surface area contributed by atoms with Gasteiger partial charge in [0.25, 0.3) is 0 Å². The van der Waals surface area contributed by atoms with Crippen molar-refractivity contribution in [3.63, 3.8) is 0 Å². The van der Waals surface area contributed by atoms with Crippen LogP contribution in [0.25, 0.3) is 0 Å². The zero-order valence-corrected chi connectivity index (χ0v) is 11.8. The number of pyridine rings is 1. The summed E-state index contributed by atoms with van der Waals surface area (Å²) in [6, 6.07) is 11.6. The molecule has 1 heterocycles. The third-order valence-corrected chi connectivity index (χ3v) is 3.22. The number of hydrogen-bond acceptors (Lipinski definition) is 4. The largest absolute Gasteiger partial charge is 0.439 e. The standard InChI is InChI=1S/C16H17N3O/c1-11-4-5-13(10-17)8-15(11)20-16-9-14(6-7-19-16)12(2)18-3/h4-9,12,18H,1-3H3. The van der Waals surface area contributed by atoms with E-state index in [-0.39, 0.29) is 6.04 Å². The van der Waals surface area contributed by atoms with Crippen LogP contribution in [0.4, 0.5) is 0 Å². The Morgan fingerprint density at radius 3 is 2.80 bits per heavy atom. The molecule has 0 radical (unpaired) electrons. The number of ether oxygens (including phenoxy) is 1. The van der Waals surface area contributed by atoms with Crippen molar-refractivity contribution in [1.82, 2.24) is 10.3 Å². The van der Waals surface area contributed by atoms with Crippen LogP contribution in [-0.4, -0.2) is 12.0 Å². The van der Waals surface area contributed by atoms with Crippen LogP contribution in [0.5, 0.6) is 11.6 Å². The van der Waals surface area contributed by atoms with Crippen molar-refractivity contribution in [2.45, 2.75) is 19.9 Å². The van der Waals surface area contributed by atoms with Crippen molar-refractivity contribution in [2.75, 3.05) is 7.05 Å². The van der Waals surface area contributed by atoms with Gasteiger partial charge in [0.05, 0.1) is 11.6 Å². The Balaban J connectivity index is 2.28. The summed E-state index contributed by atoms with van der Waals surface area (Å²) in [7, 11) is 1.91. The second-order valence-electron chi connectivity index (χ2n) is 4.63. The molecule has 0 bridgehead atoms. The maximum atomic E-state index is 8.94. The van der Waals surface area contributed by atoms with E-state index in [1.54, 1.807) is 18.3 Å². The highest BCUT2D eigenvalue weighted by Gasteiger charge is 2.07. The average molecular weight is 267 g/mol. The van der Waals surface area contributed by atoms with Crippen molar-refractivity contribution in [3.05, 3.63) is 53.2 Å². The molecule has 4 nitrogen and oxygen atoms in total. The number of rotatable bonds is 4. The highest BCUT2D eigenvalue weighted by Crippen LogP contribution is 2.26. The average Bonchev–Trinajstić information content (AvgIpc) is 2.49. The number of aryl methyl sites for hydroxylation is 1. The van der Waals surface area contributed by atoms with Gasteiger partial charge in [0.1, 0.15) is 5.75 Å². The highest BCUT2D eigenvalue weighted by molar-refractivity contribution is 5.43. The van der Waals surface area contributed by atoms with Crippen LogP contribution < -0.4 is 10.1 Å². The molecule has 0 aliphatic rings. The van der Waals surface area contributed by atoms with Crippen LogP contribution in [0, 0.1) is 18.3 Å². The summed E-state index contributed by atoms with van der Waals surface area (Å²) in [5, 5.41) is 12.1. The van der Waals surface area contributed by atoms with Gasteiger partial charge in [-0.05, 0) is 50.2 Å². The van der Waals surface area contributed by atoms with Gasteiger partial charge in [-0.1, -0.05) is 6.07 Å². The van der Waals surface area contributed by atoms with Crippen LogP contribution in [-0.2, 0) is 0 Å². The molecule has 0 aliphatic carbocycles. The van der Waals surface area contributed by atoms with E-state index in [1.807, 2.05) is 32.2 Å². The number of hydrogen-bond donors (Lipinski definition) is 1. The van der Waals surface area contributed by atoms with Gasteiger partial charge in [0, 0.05) is 18.3 Å². The van der Waals surface area contributed by atoms with Gasteiger partial charge in [-0.2, -0.15) is 5.26 Å². The van der Waals surface area contributed by atoms with Gasteiger partial charge in [0.15, 0.2) is 0 Å². The normalized spacial score (nSPS) is 11.7. The molecule has 20 heavy (non-hydrogen) atoms. The predicted octanol–water partition coefficient (Wildman–Crippen LogP) is 3.33. The van der Waals surface area contributed by atoms with Gasteiger partial charge in [-0.25, -0.2) is 4.98 Å². The maximum absolute atomic E-state index is 8.94. The first-order valence-electron chi connectivity index (χ1n) is 6.46. The summed E-state index contributed by atoms with van der Waals surface area (Å²) in [5.41, 5.74) is 2.65. The van der Waals surface area contributed by atoms with E-state index in [1.165, 1.54) is 0 Å². The van der Waals surface area contributed by atoms with Crippen molar-refractivity contribution < 1.29 is 4.74 Å². The van der Waals surface area contributed by atoms with Crippen molar-refractivity contribution >= 4 is 0 Å². The molecule has 102 valence electrons. The smallest absolute Gasteiger partial charge is 0.219 e. The lowest BCUT2D eigenvalue weighted by Crippen LogP contribution is -2.12. The zero-order chi connectivity index (χ0) is 14.5. The predicted molar refractivity (Wildman–Crippen MR) is 77.7 cm³/mol. The first kappa shape index (κ1) is 14.0. The molecule has 4 heteroatoms. The lowest BCUT2D eigenvalue weighted by atomic mass is 10.1. The molecule has 0 spiro atoms. The van der Waals surface area contributed by atoms with E-state index in [0.717, 1.165) is 11.1 Å². The molecule has 0 fully saturated rings. The maximum Gasteiger partial charge on any atom is 0.219 e. The summed E-state index contributed by atoms with van der Waals surface area (Å²) >= 11 is 0. The Kier molecular flexibility index (Phi) is 4.34. The molecule has 1 aromatic carbocycles. The Morgan fingerprint density at radius 1 is 1.30 bits per heavy atom. The highest BCUT2D eigenvalue weighted by atomic mass is 16.5. The van der Waals surface area contributed by atoms with Gasteiger partial charge < -0.3 is 10.1 Å². The molecule has 0 saturated heterocycles. The first-order valence-corrected chi connectivity index (χ1v) is 6.46. The molecule has 1 unspecified atom stereocenters. The first-order chi connectivity index (χ1) is 9.63. The van der Waals surface area contributed by atoms with Crippen molar-refractivity contribution in [1.29, 1.82) is 5.26 Å². The number of nitriles is 1. The quantitative estimate of drug-likeness (QED) is 0.923. The Morgan fingerprint density at radius 2 is 2.10 bits per heavy atom. The Bertz CT molecular complexity index is 646. The molecule has 2 rings (SSSR count). The van der Waals surface area contributed by atoms with Crippen LogP contribution in [0.1, 0.15) is 29.7 Å². The second-order valence-corrected chi connectivity index (χ2v) is 4.63. The Hall–Kier alpha value is -2.38. The number of nitrogens with zero attached hydrogens (tertiary/aromatic N) is 2. The van der Waals surface area contributed by atoms with Crippen LogP contribution in [0.15, 0.2) is 36.5 Å². The fraction of sp³-hybridized carbons (Fsp3) is 0.250. The van der Waals surface area contributed by atoms with Gasteiger partial charge in [-0.3, -0.25) is 0 Å². The van der Waals surface area contributed by atoms with Crippen molar-refractivity contribution in [2.24, 2.45) is 0 Å². The van der Waals surface area contributed by atoms with E-state index >= 15 is 0 Å². The fourth-order valence-electron chi connectivity index (χ4n) is 1.81. The van der Waals surface area contributed by atoms with E-state index in [4.69, 9.17) is 10.00 Å². The van der Waals surface area contributed by atoms with Gasteiger partial charge >= 0.3 is 0 Å². The van der Waals surface area contributed by atoms with E-state index < -0.39 is 0 Å². The molecule has 1 aromatic heterocycles. The topological polar surface area (TPSA) is 57.9 Å². The molecule has 2 aromatic rings. The van der Waals surface area contributed by atoms with E-state index in [9.17, 15) is 0 Å². The van der Waals surface area contributed by atoms with E-state index in [2.05, 4.69) is 23.3 Å². The zero-order valence-electron chi connectivity index (χ0n) is 11.8. The summed E-state index contributed by atoms with van der Waals surface area (Å²) in [6.45, 7) is 4.01. The third kappa shape index (κ3) is 3.14. The van der Waals surface area contributed by atoms with Crippen molar-refractivity contribution in [3.8, 4) is 17.7 Å². The molecule has 1 atom stereocenters. The minimum Gasteiger partial charge on any atom is -0.439 e. The molecule has 1 N–H and O–H groups in total. The van der Waals surface area contributed by atoms with Gasteiger partial charge in [0.2, 0.25) is 5.88 Å². The SMILES string of the molecule is CNC(C)c1ccnc(Oc2cc(C#N)ccc2C)c1. The summed E-state index contributed by atoms with van der Waals surface area (Å²) in [4.78, 5) is 4.22. The lowest BCUT2D eigenvalue weighted by Gasteiger charge is -2.12. The lowest BCUT2D eigenvalue weighted by molar-refractivity contribution is 0.457. The minimum atomic E-state index is 0.229. The second kappa shape index (κ2) is 6.18.